The van der Waals surface area contributed by atoms with E-state index in [1.54, 1.807) is 31.2 Å². The van der Waals surface area contributed by atoms with E-state index in [4.69, 9.17) is 4.74 Å². The zero-order chi connectivity index (χ0) is 16.8. The van der Waals surface area contributed by atoms with Gasteiger partial charge in [0.2, 0.25) is 0 Å². The van der Waals surface area contributed by atoms with Crippen LogP contribution in [0.15, 0.2) is 48.5 Å². The Bertz CT molecular complexity index is 658. The number of rotatable bonds is 5. The average Bonchev–Trinajstić information content (AvgIpc) is 2.56. The van der Waals surface area contributed by atoms with Crippen molar-refractivity contribution < 1.29 is 13.9 Å². The van der Waals surface area contributed by atoms with Crippen LogP contribution in [0.5, 0.6) is 5.75 Å². The van der Waals surface area contributed by atoms with Gasteiger partial charge in [-0.25, -0.2) is 9.18 Å². The lowest BCUT2D eigenvalue weighted by molar-refractivity contribution is 0.207. The number of nitrogens with one attached hydrogen (secondary N) is 1. The van der Waals surface area contributed by atoms with Crippen LogP contribution in [0.25, 0.3) is 0 Å². The molecule has 0 saturated carbocycles. The van der Waals surface area contributed by atoms with E-state index in [2.05, 4.69) is 5.32 Å². The first kappa shape index (κ1) is 16.8. The topological polar surface area (TPSA) is 41.6 Å². The fourth-order valence-corrected chi connectivity index (χ4v) is 2.21. The number of para-hydroxylation sites is 1. The van der Waals surface area contributed by atoms with Crippen molar-refractivity contribution in [1.82, 2.24) is 4.90 Å². The van der Waals surface area contributed by atoms with Crippen LogP contribution < -0.4 is 10.1 Å². The number of anilines is 1. The van der Waals surface area contributed by atoms with Gasteiger partial charge in [-0.2, -0.15) is 0 Å². The minimum atomic E-state index is -0.447. The van der Waals surface area contributed by atoms with Crippen molar-refractivity contribution in [3.63, 3.8) is 0 Å². The first-order valence-corrected chi connectivity index (χ1v) is 7.42. The lowest BCUT2D eigenvalue weighted by Crippen LogP contribution is -2.39. The summed E-state index contributed by atoms with van der Waals surface area (Å²) in [5.74, 6) is 0.351. The summed E-state index contributed by atoms with van der Waals surface area (Å²) in [6.45, 7) is 1.95. The molecule has 2 aromatic carbocycles. The lowest BCUT2D eigenvalue weighted by atomic mass is 10.1. The molecule has 0 aromatic heterocycles. The Hall–Kier alpha value is -2.56. The van der Waals surface area contributed by atoms with Crippen LogP contribution in [0.2, 0.25) is 0 Å². The van der Waals surface area contributed by atoms with Crippen LogP contribution in [-0.2, 0) is 6.42 Å². The first-order chi connectivity index (χ1) is 11.0. The zero-order valence-electron chi connectivity index (χ0n) is 13.5. The Labute approximate surface area is 135 Å². The maximum absolute atomic E-state index is 13.6. The smallest absolute Gasteiger partial charge is 0.321 e. The van der Waals surface area contributed by atoms with E-state index in [1.807, 2.05) is 31.2 Å². The third-order valence-electron chi connectivity index (χ3n) is 3.79. The lowest BCUT2D eigenvalue weighted by Gasteiger charge is -2.25. The number of ether oxygens (including phenoxy) is 1. The van der Waals surface area contributed by atoms with E-state index >= 15 is 0 Å². The monoisotopic (exact) mass is 316 g/mol. The number of amides is 2. The number of carbonyl (C=O) groups is 1. The van der Waals surface area contributed by atoms with Gasteiger partial charge in [-0.15, -0.1) is 0 Å². The normalized spacial score (nSPS) is 11.7. The largest absolute Gasteiger partial charge is 0.497 e. The molecule has 2 amide bonds. The SMILES string of the molecule is COc1ccc(CC(C)N(C)C(=O)Nc2ccccc2F)cc1. The Balaban J connectivity index is 1.96. The molecule has 0 saturated heterocycles. The van der Waals surface area contributed by atoms with Crippen LogP contribution in [0, 0.1) is 5.82 Å². The molecule has 0 fully saturated rings. The molecule has 0 aliphatic heterocycles. The van der Waals surface area contributed by atoms with Gasteiger partial charge in [-0.1, -0.05) is 24.3 Å². The molecule has 0 aliphatic rings. The summed E-state index contributed by atoms with van der Waals surface area (Å²) in [5.41, 5.74) is 1.28. The third kappa shape index (κ3) is 4.45. The molecule has 2 rings (SSSR count). The van der Waals surface area contributed by atoms with E-state index < -0.39 is 5.82 Å². The Morgan fingerprint density at radius 1 is 1.22 bits per heavy atom. The van der Waals surface area contributed by atoms with Gasteiger partial charge in [-0.05, 0) is 43.2 Å². The highest BCUT2D eigenvalue weighted by Crippen LogP contribution is 2.16. The molecule has 1 atom stereocenters. The highest BCUT2D eigenvalue weighted by Gasteiger charge is 2.17. The summed E-state index contributed by atoms with van der Waals surface area (Å²) in [7, 11) is 3.32. The maximum Gasteiger partial charge on any atom is 0.321 e. The van der Waals surface area contributed by atoms with E-state index in [0.717, 1.165) is 11.3 Å². The number of methoxy groups -OCH3 is 1. The summed E-state index contributed by atoms with van der Waals surface area (Å²) in [6, 6.07) is 13.5. The number of nitrogens with zero attached hydrogens (tertiary/aromatic N) is 1. The predicted octanol–water partition coefficient (Wildman–Crippen LogP) is 3.93. The summed E-state index contributed by atoms with van der Waals surface area (Å²) >= 11 is 0. The molecule has 0 radical (unpaired) electrons. The van der Waals surface area contributed by atoms with Gasteiger partial charge in [0.15, 0.2) is 0 Å². The van der Waals surface area contributed by atoms with Gasteiger partial charge in [0.1, 0.15) is 11.6 Å². The summed E-state index contributed by atoms with van der Waals surface area (Å²) in [5, 5.41) is 2.59. The minimum Gasteiger partial charge on any atom is -0.497 e. The number of urea groups is 1. The summed E-state index contributed by atoms with van der Waals surface area (Å²) in [4.78, 5) is 13.8. The second-order valence-corrected chi connectivity index (χ2v) is 5.42. The van der Waals surface area contributed by atoms with E-state index in [9.17, 15) is 9.18 Å². The molecule has 0 bridgehead atoms. The van der Waals surface area contributed by atoms with Gasteiger partial charge >= 0.3 is 6.03 Å². The molecule has 0 heterocycles. The van der Waals surface area contributed by atoms with Crippen LogP contribution >= 0.6 is 0 Å². The van der Waals surface area contributed by atoms with E-state index in [0.29, 0.717) is 6.42 Å². The highest BCUT2D eigenvalue weighted by atomic mass is 19.1. The molecular formula is C18H21FN2O2. The van der Waals surface area contributed by atoms with Gasteiger partial charge in [0, 0.05) is 13.1 Å². The molecular weight excluding hydrogens is 295 g/mol. The minimum absolute atomic E-state index is 0.0323. The van der Waals surface area contributed by atoms with Crippen molar-refractivity contribution in [2.75, 3.05) is 19.5 Å². The second-order valence-electron chi connectivity index (χ2n) is 5.42. The highest BCUT2D eigenvalue weighted by molar-refractivity contribution is 5.89. The second kappa shape index (κ2) is 7.63. The Kier molecular flexibility index (Phi) is 5.57. The molecule has 1 N–H and O–H groups in total. The van der Waals surface area contributed by atoms with Gasteiger partial charge in [-0.3, -0.25) is 0 Å². The van der Waals surface area contributed by atoms with Crippen molar-refractivity contribution in [2.24, 2.45) is 0 Å². The molecule has 0 aliphatic carbocycles. The number of likely N-dealkylation sites (N-methyl/N-ethyl adjacent to an activating group) is 1. The molecule has 2 aromatic rings. The summed E-state index contributed by atoms with van der Waals surface area (Å²) < 4.78 is 18.7. The first-order valence-electron chi connectivity index (χ1n) is 7.42. The average molecular weight is 316 g/mol. The van der Waals surface area contributed by atoms with E-state index in [1.165, 1.54) is 12.1 Å². The third-order valence-corrected chi connectivity index (χ3v) is 3.79. The fourth-order valence-electron chi connectivity index (χ4n) is 2.21. The van der Waals surface area contributed by atoms with Crippen molar-refractivity contribution in [1.29, 1.82) is 0 Å². The van der Waals surface area contributed by atoms with Crippen molar-refractivity contribution >= 4 is 11.7 Å². The molecule has 0 spiro atoms. The van der Waals surface area contributed by atoms with Gasteiger partial charge < -0.3 is 15.0 Å². The number of carbonyl (C=O) groups excluding carboxylic acids is 1. The Morgan fingerprint density at radius 2 is 1.87 bits per heavy atom. The van der Waals surface area contributed by atoms with Crippen LogP contribution in [-0.4, -0.2) is 31.1 Å². The van der Waals surface area contributed by atoms with Crippen molar-refractivity contribution in [2.45, 2.75) is 19.4 Å². The molecule has 5 heteroatoms. The Morgan fingerprint density at radius 3 is 2.48 bits per heavy atom. The zero-order valence-corrected chi connectivity index (χ0v) is 13.5. The number of hydrogen-bond acceptors (Lipinski definition) is 2. The van der Waals surface area contributed by atoms with Crippen molar-refractivity contribution in [3.05, 3.63) is 59.9 Å². The number of hydrogen-bond donors (Lipinski definition) is 1. The van der Waals surface area contributed by atoms with Crippen LogP contribution in [0.4, 0.5) is 14.9 Å². The fraction of sp³-hybridized carbons (Fsp3) is 0.278. The predicted molar refractivity (Wildman–Crippen MR) is 89.3 cm³/mol. The summed E-state index contributed by atoms with van der Waals surface area (Å²) in [6.07, 6.45) is 0.700. The van der Waals surface area contributed by atoms with Gasteiger partial charge in [0.25, 0.3) is 0 Å². The van der Waals surface area contributed by atoms with Crippen LogP contribution in [0.3, 0.4) is 0 Å². The molecule has 1 unspecified atom stereocenters. The van der Waals surface area contributed by atoms with E-state index in [-0.39, 0.29) is 17.8 Å². The van der Waals surface area contributed by atoms with Crippen LogP contribution in [0.1, 0.15) is 12.5 Å². The standard InChI is InChI=1S/C18H21FN2O2/c1-13(12-14-8-10-15(23-3)11-9-14)21(2)18(22)20-17-7-5-4-6-16(17)19/h4-11,13H,12H2,1-3H3,(H,20,22). The van der Waals surface area contributed by atoms with Crippen molar-refractivity contribution in [3.8, 4) is 5.75 Å². The molecule has 23 heavy (non-hydrogen) atoms. The van der Waals surface area contributed by atoms with Gasteiger partial charge in [0.05, 0.1) is 12.8 Å². The number of halogens is 1. The molecule has 122 valence electrons. The molecule has 4 nitrogen and oxygen atoms in total. The quantitative estimate of drug-likeness (QED) is 0.908. The number of benzene rings is 2. The maximum atomic E-state index is 13.6.